The van der Waals surface area contributed by atoms with Crippen LogP contribution in [0.5, 0.6) is 11.5 Å². The second kappa shape index (κ2) is 11.9. The fraction of sp³-hybridized carbons (Fsp3) is 0.156. The lowest BCUT2D eigenvalue weighted by Crippen LogP contribution is -2.24. The predicted molar refractivity (Wildman–Crippen MR) is 156 cm³/mol. The number of hydrogen-bond acceptors (Lipinski definition) is 6. The maximum absolute atomic E-state index is 11.6. The number of ether oxygens (including phenoxy) is 1. The van der Waals surface area contributed by atoms with Crippen LogP contribution in [-0.4, -0.2) is 35.4 Å². The van der Waals surface area contributed by atoms with E-state index in [0.29, 0.717) is 29.6 Å². The highest BCUT2D eigenvalue weighted by Crippen LogP contribution is 2.33. The number of aromatic hydroxyl groups is 1. The van der Waals surface area contributed by atoms with Gasteiger partial charge in [0.25, 0.3) is 0 Å². The highest BCUT2D eigenvalue weighted by molar-refractivity contribution is 5.87. The Morgan fingerprint density at radius 1 is 0.897 bits per heavy atom. The Balaban J connectivity index is 1.16. The van der Waals surface area contributed by atoms with Gasteiger partial charge in [0.2, 0.25) is 5.56 Å². The molecule has 0 amide bonds. The molecule has 0 saturated carbocycles. The average Bonchev–Trinajstić information content (AvgIpc) is 2.97. The molecule has 0 aliphatic heterocycles. The normalized spacial score (nSPS) is 11.8. The minimum atomic E-state index is -0.782. The molecule has 5 N–H and O–H groups in total. The number of rotatable bonds is 10. The largest absolute Gasteiger partial charge is 0.506 e. The van der Waals surface area contributed by atoms with Crippen LogP contribution < -0.4 is 20.9 Å². The number of phenolic OH excluding ortho intramolecular Hbond substituents is 1. The molecular weight excluding hydrogens is 490 g/mol. The van der Waals surface area contributed by atoms with Crippen LogP contribution in [0.2, 0.25) is 0 Å². The van der Waals surface area contributed by atoms with Gasteiger partial charge < -0.3 is 30.6 Å². The van der Waals surface area contributed by atoms with Gasteiger partial charge in [-0.25, -0.2) is 0 Å². The first-order valence-electron chi connectivity index (χ1n) is 12.8. The minimum absolute atomic E-state index is 0.0202. The summed E-state index contributed by atoms with van der Waals surface area (Å²) in [6.07, 6.45) is 0.0213. The minimum Gasteiger partial charge on any atom is -0.506 e. The molecule has 0 aliphatic carbocycles. The van der Waals surface area contributed by atoms with Crippen molar-refractivity contribution in [3.8, 4) is 22.6 Å². The third-order valence-electron chi connectivity index (χ3n) is 6.72. The lowest BCUT2D eigenvalue weighted by atomic mass is 10.0. The molecule has 5 rings (SSSR count). The first-order chi connectivity index (χ1) is 19.0. The van der Waals surface area contributed by atoms with Gasteiger partial charge in [0.1, 0.15) is 11.5 Å². The van der Waals surface area contributed by atoms with Crippen molar-refractivity contribution in [2.75, 3.05) is 25.5 Å². The Bertz CT molecular complexity index is 1620. The number of aliphatic hydroxyl groups is 1. The molecule has 0 radical (unpaired) electrons. The molecular formula is C32H31N3O4. The Morgan fingerprint density at radius 3 is 2.44 bits per heavy atom. The highest BCUT2D eigenvalue weighted by atomic mass is 16.5. The fourth-order valence-electron chi connectivity index (χ4n) is 4.68. The molecule has 1 heterocycles. The van der Waals surface area contributed by atoms with Crippen LogP contribution >= 0.6 is 0 Å². The molecule has 0 fully saturated rings. The summed E-state index contributed by atoms with van der Waals surface area (Å²) in [5, 5.41) is 28.2. The van der Waals surface area contributed by atoms with Crippen LogP contribution in [0.1, 0.15) is 17.2 Å². The monoisotopic (exact) mass is 521 g/mol. The molecule has 7 nitrogen and oxygen atoms in total. The van der Waals surface area contributed by atoms with Gasteiger partial charge in [-0.2, -0.15) is 0 Å². The number of benzene rings is 4. The van der Waals surface area contributed by atoms with E-state index in [1.807, 2.05) is 30.3 Å². The van der Waals surface area contributed by atoms with Crippen molar-refractivity contribution in [1.82, 2.24) is 10.3 Å². The molecule has 1 aromatic heterocycles. The van der Waals surface area contributed by atoms with Crippen molar-refractivity contribution >= 4 is 22.3 Å². The topological polar surface area (TPSA) is 107 Å². The Labute approximate surface area is 226 Å². The van der Waals surface area contributed by atoms with E-state index in [-0.39, 0.29) is 11.3 Å². The molecule has 5 aromatic rings. The molecule has 7 heteroatoms. The summed E-state index contributed by atoms with van der Waals surface area (Å²) in [4.78, 5) is 14.2. The Kier molecular flexibility index (Phi) is 7.91. The summed E-state index contributed by atoms with van der Waals surface area (Å²) in [7, 11) is 1.68. The Hall–Kier alpha value is -4.59. The maximum atomic E-state index is 11.6. The van der Waals surface area contributed by atoms with E-state index >= 15 is 0 Å². The molecule has 0 aliphatic rings. The number of anilines is 2. The lowest BCUT2D eigenvalue weighted by molar-refractivity contribution is 0.176. The molecule has 0 bridgehead atoms. The van der Waals surface area contributed by atoms with Crippen molar-refractivity contribution in [2.45, 2.75) is 12.5 Å². The van der Waals surface area contributed by atoms with Gasteiger partial charge in [0.05, 0.1) is 18.7 Å². The van der Waals surface area contributed by atoms with Crippen molar-refractivity contribution in [3.05, 3.63) is 119 Å². The third kappa shape index (κ3) is 6.12. The van der Waals surface area contributed by atoms with E-state index in [4.69, 9.17) is 4.74 Å². The summed E-state index contributed by atoms with van der Waals surface area (Å²) in [6, 6.07) is 30.7. The Morgan fingerprint density at radius 2 is 1.67 bits per heavy atom. The van der Waals surface area contributed by atoms with Gasteiger partial charge in [-0.1, -0.05) is 48.5 Å². The first kappa shape index (κ1) is 26.0. The molecule has 0 spiro atoms. The summed E-state index contributed by atoms with van der Waals surface area (Å²) in [6.45, 7) is 1.04. The van der Waals surface area contributed by atoms with Crippen LogP contribution in [0, 0.1) is 0 Å². The van der Waals surface area contributed by atoms with Crippen LogP contribution in [0.15, 0.2) is 102 Å². The van der Waals surface area contributed by atoms with E-state index < -0.39 is 6.10 Å². The molecule has 4 aromatic carbocycles. The average molecular weight is 522 g/mol. The number of H-pyrrole nitrogens is 1. The fourth-order valence-corrected chi connectivity index (χ4v) is 4.68. The van der Waals surface area contributed by atoms with Gasteiger partial charge in [-0.15, -0.1) is 0 Å². The SMILES string of the molecule is COc1ccc(Nc2ccc(CCNC[C@@H](O)c3ccc(O)c4[nH]c(=O)ccc34)cc2)cc1-c1ccccc1. The van der Waals surface area contributed by atoms with Crippen LogP contribution in [0.4, 0.5) is 11.4 Å². The predicted octanol–water partition coefficient (Wildman–Crippen LogP) is 5.52. The van der Waals surface area contributed by atoms with Gasteiger partial charge in [0.15, 0.2) is 0 Å². The summed E-state index contributed by atoms with van der Waals surface area (Å²) in [5.74, 6) is 0.807. The number of nitrogens with one attached hydrogen (secondary N) is 3. The van der Waals surface area contributed by atoms with Crippen molar-refractivity contribution in [3.63, 3.8) is 0 Å². The van der Waals surface area contributed by atoms with Gasteiger partial charge in [-0.3, -0.25) is 4.79 Å². The van der Waals surface area contributed by atoms with Crippen molar-refractivity contribution in [1.29, 1.82) is 0 Å². The van der Waals surface area contributed by atoms with Gasteiger partial charge in [-0.05, 0) is 72.1 Å². The van der Waals surface area contributed by atoms with E-state index in [0.717, 1.165) is 34.7 Å². The van der Waals surface area contributed by atoms with Crippen molar-refractivity contribution < 1.29 is 14.9 Å². The standard InChI is InChI=1S/C32H31N3O4/c1-39-30-15-11-24(19-27(30)22-5-3-2-4-6-22)34-23-9-7-21(8-10-23)17-18-33-20-29(37)25-12-14-28(36)32-26(25)13-16-31(38)35-32/h2-16,19,29,33-34,36-37H,17-18,20H2,1H3,(H,35,38)/t29-/m1/s1. The number of hydrogen-bond donors (Lipinski definition) is 5. The van der Waals surface area contributed by atoms with E-state index in [2.05, 4.69) is 58.1 Å². The van der Waals surface area contributed by atoms with E-state index in [1.54, 1.807) is 19.2 Å². The second-order valence-electron chi connectivity index (χ2n) is 9.36. The van der Waals surface area contributed by atoms with Gasteiger partial charge in [0, 0.05) is 34.9 Å². The summed E-state index contributed by atoms with van der Waals surface area (Å²) < 4.78 is 5.56. The number of aromatic amines is 1. The number of phenols is 1. The molecule has 1 atom stereocenters. The lowest BCUT2D eigenvalue weighted by Gasteiger charge is -2.15. The zero-order valence-electron chi connectivity index (χ0n) is 21.6. The van der Waals surface area contributed by atoms with E-state index in [9.17, 15) is 15.0 Å². The van der Waals surface area contributed by atoms with Crippen LogP contribution in [0.3, 0.4) is 0 Å². The number of pyridine rings is 1. The third-order valence-corrected chi connectivity index (χ3v) is 6.72. The molecule has 0 saturated heterocycles. The highest BCUT2D eigenvalue weighted by Gasteiger charge is 2.14. The zero-order valence-corrected chi connectivity index (χ0v) is 21.6. The quantitative estimate of drug-likeness (QED) is 0.155. The summed E-state index contributed by atoms with van der Waals surface area (Å²) >= 11 is 0. The maximum Gasteiger partial charge on any atom is 0.248 e. The number of aromatic nitrogens is 1. The number of fused-ring (bicyclic) bond motifs is 1. The first-order valence-corrected chi connectivity index (χ1v) is 12.8. The van der Waals surface area contributed by atoms with E-state index in [1.165, 1.54) is 17.7 Å². The van der Waals surface area contributed by atoms with Gasteiger partial charge >= 0.3 is 0 Å². The second-order valence-corrected chi connectivity index (χ2v) is 9.36. The zero-order chi connectivity index (χ0) is 27.2. The summed E-state index contributed by atoms with van der Waals surface area (Å²) in [5.41, 5.74) is 5.95. The molecule has 198 valence electrons. The number of aliphatic hydroxyl groups excluding tert-OH is 1. The van der Waals surface area contributed by atoms with Crippen LogP contribution in [0.25, 0.3) is 22.0 Å². The molecule has 0 unspecified atom stereocenters. The smallest absolute Gasteiger partial charge is 0.248 e. The van der Waals surface area contributed by atoms with Crippen molar-refractivity contribution in [2.24, 2.45) is 0 Å². The molecule has 39 heavy (non-hydrogen) atoms. The van der Waals surface area contributed by atoms with Crippen LogP contribution in [-0.2, 0) is 6.42 Å². The number of methoxy groups -OCH3 is 1.